The lowest BCUT2D eigenvalue weighted by Crippen LogP contribution is -2.11. The smallest absolute Gasteiger partial charge is 0.135 e. The summed E-state index contributed by atoms with van der Waals surface area (Å²) in [6, 6.07) is 0. The molecular formula is C8H12O2. The molecule has 0 aromatic carbocycles. The van der Waals surface area contributed by atoms with Crippen LogP contribution >= 0.6 is 0 Å². The molecule has 0 bridgehead atoms. The fraction of sp³-hybridized carbons (Fsp3) is 0.875. The van der Waals surface area contributed by atoms with E-state index in [0.29, 0.717) is 30.3 Å². The van der Waals surface area contributed by atoms with Crippen LogP contribution in [0.25, 0.3) is 0 Å². The van der Waals surface area contributed by atoms with E-state index in [1.807, 2.05) is 6.92 Å². The highest BCUT2D eigenvalue weighted by molar-refractivity contribution is 5.81. The molecule has 0 spiro atoms. The highest BCUT2D eigenvalue weighted by Crippen LogP contribution is 2.42. The summed E-state index contributed by atoms with van der Waals surface area (Å²) >= 11 is 0. The molecule has 2 nitrogen and oxygen atoms in total. The van der Waals surface area contributed by atoms with E-state index >= 15 is 0 Å². The van der Waals surface area contributed by atoms with E-state index in [1.165, 1.54) is 0 Å². The molecule has 2 fully saturated rings. The van der Waals surface area contributed by atoms with Gasteiger partial charge in [0.2, 0.25) is 0 Å². The van der Waals surface area contributed by atoms with Crippen molar-refractivity contribution in [2.45, 2.75) is 38.4 Å². The molecule has 2 aliphatic rings. The molecule has 1 aliphatic heterocycles. The van der Waals surface area contributed by atoms with Crippen molar-refractivity contribution in [3.8, 4) is 0 Å². The predicted octanol–water partition coefficient (Wildman–Crippen LogP) is 1.14. The monoisotopic (exact) mass is 140 g/mol. The zero-order valence-corrected chi connectivity index (χ0v) is 6.17. The lowest BCUT2D eigenvalue weighted by atomic mass is 10.0. The Bertz CT molecular complexity index is 155. The van der Waals surface area contributed by atoms with Gasteiger partial charge in [0.05, 0.1) is 12.2 Å². The Balaban J connectivity index is 1.90. The molecule has 56 valence electrons. The molecule has 2 unspecified atom stereocenters. The van der Waals surface area contributed by atoms with Crippen LogP contribution in [0, 0.1) is 5.92 Å². The molecule has 2 heteroatoms. The summed E-state index contributed by atoms with van der Waals surface area (Å²) in [5, 5.41) is 0. The van der Waals surface area contributed by atoms with Crippen LogP contribution < -0.4 is 0 Å². The number of hydrogen-bond acceptors (Lipinski definition) is 2. The first-order valence-corrected chi connectivity index (χ1v) is 3.99. The number of ether oxygens (including phenoxy) is 1. The van der Waals surface area contributed by atoms with Crippen molar-refractivity contribution < 1.29 is 9.53 Å². The van der Waals surface area contributed by atoms with Gasteiger partial charge in [0.25, 0.3) is 0 Å². The average molecular weight is 140 g/mol. The quantitative estimate of drug-likeness (QED) is 0.538. The van der Waals surface area contributed by atoms with Gasteiger partial charge in [-0.1, -0.05) is 6.92 Å². The third-order valence-electron chi connectivity index (χ3n) is 2.53. The average Bonchev–Trinajstić information content (AvgIpc) is 2.57. The third-order valence-corrected chi connectivity index (χ3v) is 2.53. The first kappa shape index (κ1) is 6.35. The number of rotatable bonds is 2. The topological polar surface area (TPSA) is 29.6 Å². The second-order valence-corrected chi connectivity index (χ2v) is 3.20. The first-order chi connectivity index (χ1) is 4.81. The summed E-state index contributed by atoms with van der Waals surface area (Å²) in [6.45, 7) is 1.94. The normalized spacial score (nSPS) is 43.1. The minimum absolute atomic E-state index is 0.341. The molecule has 0 radical (unpaired) electrons. The largest absolute Gasteiger partial charge is 0.370 e. The number of Topliss-reactive ketones (excluding diaryl/α,β-unsaturated/α-hetero) is 1. The van der Waals surface area contributed by atoms with Crippen LogP contribution in [-0.4, -0.2) is 18.0 Å². The van der Waals surface area contributed by atoms with Crippen LogP contribution in [0.3, 0.4) is 0 Å². The van der Waals surface area contributed by atoms with Crippen LogP contribution in [0.15, 0.2) is 0 Å². The van der Waals surface area contributed by atoms with Crippen molar-refractivity contribution in [2.75, 3.05) is 0 Å². The number of fused-ring (bicyclic) bond motifs is 1. The zero-order chi connectivity index (χ0) is 7.14. The SMILES string of the molecule is CCC(=O)C1CC2OC2C1. The fourth-order valence-electron chi connectivity index (χ4n) is 1.80. The van der Waals surface area contributed by atoms with E-state index in [2.05, 4.69) is 0 Å². The Morgan fingerprint density at radius 2 is 2.10 bits per heavy atom. The Kier molecular flexibility index (Phi) is 1.31. The van der Waals surface area contributed by atoms with Crippen LogP contribution in [0.2, 0.25) is 0 Å². The van der Waals surface area contributed by atoms with Crippen LogP contribution in [0.4, 0.5) is 0 Å². The van der Waals surface area contributed by atoms with Crippen molar-refractivity contribution in [1.82, 2.24) is 0 Å². The van der Waals surface area contributed by atoms with Gasteiger partial charge in [-0.15, -0.1) is 0 Å². The molecule has 0 aromatic rings. The Morgan fingerprint density at radius 1 is 1.50 bits per heavy atom. The highest BCUT2D eigenvalue weighted by atomic mass is 16.6. The highest BCUT2D eigenvalue weighted by Gasteiger charge is 2.49. The summed E-state index contributed by atoms with van der Waals surface area (Å²) in [7, 11) is 0. The van der Waals surface area contributed by atoms with E-state index in [9.17, 15) is 4.79 Å². The van der Waals surface area contributed by atoms with E-state index < -0.39 is 0 Å². The second-order valence-electron chi connectivity index (χ2n) is 3.20. The zero-order valence-electron chi connectivity index (χ0n) is 6.17. The van der Waals surface area contributed by atoms with Crippen molar-refractivity contribution in [3.05, 3.63) is 0 Å². The number of hydrogen-bond donors (Lipinski definition) is 0. The van der Waals surface area contributed by atoms with E-state index in [4.69, 9.17) is 4.74 Å². The summed E-state index contributed by atoms with van der Waals surface area (Å²) in [6.07, 6.45) is 3.61. The number of carbonyl (C=O) groups is 1. The van der Waals surface area contributed by atoms with Gasteiger partial charge in [-0.25, -0.2) is 0 Å². The van der Waals surface area contributed by atoms with Crippen LogP contribution in [-0.2, 0) is 9.53 Å². The predicted molar refractivity (Wildman–Crippen MR) is 36.7 cm³/mol. The molecule has 0 N–H and O–H groups in total. The molecule has 2 rings (SSSR count). The molecular weight excluding hydrogens is 128 g/mol. The lowest BCUT2D eigenvalue weighted by Gasteiger charge is -2.06. The molecule has 1 aliphatic carbocycles. The van der Waals surface area contributed by atoms with E-state index in [-0.39, 0.29) is 0 Å². The van der Waals surface area contributed by atoms with Crippen molar-refractivity contribution in [2.24, 2.45) is 5.92 Å². The van der Waals surface area contributed by atoms with Gasteiger partial charge in [0.1, 0.15) is 5.78 Å². The van der Waals surface area contributed by atoms with Crippen LogP contribution in [0.5, 0.6) is 0 Å². The van der Waals surface area contributed by atoms with Gasteiger partial charge in [0, 0.05) is 12.3 Å². The summed E-state index contributed by atoms with van der Waals surface area (Å²) in [5.41, 5.74) is 0. The Morgan fingerprint density at radius 3 is 2.60 bits per heavy atom. The molecule has 0 amide bonds. The summed E-state index contributed by atoms with van der Waals surface area (Å²) in [5.74, 6) is 0.768. The minimum atomic E-state index is 0.341. The number of ketones is 1. The van der Waals surface area contributed by atoms with E-state index in [0.717, 1.165) is 12.8 Å². The van der Waals surface area contributed by atoms with Gasteiger partial charge >= 0.3 is 0 Å². The van der Waals surface area contributed by atoms with Crippen LogP contribution in [0.1, 0.15) is 26.2 Å². The number of epoxide rings is 1. The van der Waals surface area contributed by atoms with Crippen molar-refractivity contribution in [3.63, 3.8) is 0 Å². The third kappa shape index (κ3) is 0.870. The molecule has 1 saturated heterocycles. The maximum absolute atomic E-state index is 11.1. The number of carbonyl (C=O) groups excluding carboxylic acids is 1. The van der Waals surface area contributed by atoms with Gasteiger partial charge in [0.15, 0.2) is 0 Å². The first-order valence-electron chi connectivity index (χ1n) is 3.99. The standard InChI is InChI=1S/C8H12O2/c1-2-6(9)5-3-7-8(4-5)10-7/h5,7-8H,2-4H2,1H3. The molecule has 0 aromatic heterocycles. The Hall–Kier alpha value is -0.370. The minimum Gasteiger partial charge on any atom is -0.370 e. The molecule has 1 heterocycles. The molecule has 10 heavy (non-hydrogen) atoms. The maximum atomic E-state index is 11.1. The molecule has 2 atom stereocenters. The Labute approximate surface area is 60.6 Å². The lowest BCUT2D eigenvalue weighted by molar-refractivity contribution is -0.123. The van der Waals surface area contributed by atoms with Gasteiger partial charge in [-0.2, -0.15) is 0 Å². The maximum Gasteiger partial charge on any atom is 0.135 e. The van der Waals surface area contributed by atoms with Gasteiger partial charge < -0.3 is 4.74 Å². The van der Waals surface area contributed by atoms with Gasteiger partial charge in [-0.05, 0) is 12.8 Å². The second kappa shape index (κ2) is 2.06. The van der Waals surface area contributed by atoms with Crippen molar-refractivity contribution >= 4 is 5.78 Å². The van der Waals surface area contributed by atoms with Gasteiger partial charge in [-0.3, -0.25) is 4.79 Å². The fourth-order valence-corrected chi connectivity index (χ4v) is 1.80. The summed E-state index contributed by atoms with van der Waals surface area (Å²) < 4.78 is 5.23. The summed E-state index contributed by atoms with van der Waals surface area (Å²) in [4.78, 5) is 11.1. The van der Waals surface area contributed by atoms with Crippen molar-refractivity contribution in [1.29, 1.82) is 0 Å². The molecule has 1 saturated carbocycles. The van der Waals surface area contributed by atoms with E-state index in [1.54, 1.807) is 0 Å².